The Morgan fingerprint density at radius 3 is 2.56 bits per heavy atom. The number of carbonyl (C=O) groups is 1. The van der Waals surface area contributed by atoms with Gasteiger partial charge in [0.05, 0.1) is 0 Å². The number of carbonyl (C=O) groups excluding carboxylic acids is 1. The molecule has 0 bridgehead atoms. The topological polar surface area (TPSA) is 57.9 Å². The van der Waals surface area contributed by atoms with E-state index in [0.29, 0.717) is 12.5 Å². The minimum absolute atomic E-state index is 0.204. The lowest BCUT2D eigenvalue weighted by atomic mass is 10.2. The van der Waals surface area contributed by atoms with Crippen molar-refractivity contribution in [2.75, 3.05) is 6.54 Å². The highest BCUT2D eigenvalue weighted by Crippen LogP contribution is 2.10. The van der Waals surface area contributed by atoms with Crippen LogP contribution in [0.15, 0.2) is 16.7 Å². The van der Waals surface area contributed by atoms with Crippen molar-refractivity contribution in [3.05, 3.63) is 27.8 Å². The predicted molar refractivity (Wildman–Crippen MR) is 77.7 cm³/mol. The quantitative estimate of drug-likeness (QED) is 0.864. The van der Waals surface area contributed by atoms with Gasteiger partial charge in [-0.05, 0) is 18.9 Å². The van der Waals surface area contributed by atoms with Crippen LogP contribution in [-0.4, -0.2) is 17.1 Å². The maximum atomic E-state index is 11.8. The van der Waals surface area contributed by atoms with Gasteiger partial charge in [-0.25, -0.2) is 4.79 Å². The second-order valence-corrected chi connectivity index (χ2v) is 4.94. The SMILES string of the molecule is CC.Cc1c(Br)ccn(C(=O)NCC(C)C)c1=N. The molecule has 1 aromatic heterocycles. The number of aromatic nitrogens is 1. The summed E-state index contributed by atoms with van der Waals surface area (Å²) in [6.07, 6.45) is 1.59. The summed E-state index contributed by atoms with van der Waals surface area (Å²) in [6.45, 7) is 10.5. The van der Waals surface area contributed by atoms with Gasteiger partial charge in [0.2, 0.25) is 0 Å². The van der Waals surface area contributed by atoms with Crippen molar-refractivity contribution in [1.29, 1.82) is 5.41 Å². The highest BCUT2D eigenvalue weighted by molar-refractivity contribution is 9.10. The molecular formula is C13H22BrN3O. The van der Waals surface area contributed by atoms with Crippen LogP contribution in [0.1, 0.15) is 33.3 Å². The molecule has 4 nitrogen and oxygen atoms in total. The van der Waals surface area contributed by atoms with Gasteiger partial charge in [-0.15, -0.1) is 0 Å². The smallest absolute Gasteiger partial charge is 0.327 e. The third-order valence-electron chi connectivity index (χ3n) is 2.20. The molecule has 0 saturated heterocycles. The largest absolute Gasteiger partial charge is 0.337 e. The van der Waals surface area contributed by atoms with Crippen molar-refractivity contribution in [1.82, 2.24) is 9.88 Å². The van der Waals surface area contributed by atoms with Gasteiger partial charge in [-0.3, -0.25) is 9.98 Å². The van der Waals surface area contributed by atoms with Crippen LogP contribution in [0.2, 0.25) is 0 Å². The first kappa shape index (κ1) is 16.9. The molecule has 0 spiro atoms. The Labute approximate surface area is 117 Å². The van der Waals surface area contributed by atoms with Gasteiger partial charge >= 0.3 is 6.03 Å². The molecule has 0 radical (unpaired) electrons. The standard InChI is InChI=1S/C11H16BrN3O.C2H6/c1-7(2)6-14-11(16)15-5-4-9(12)8(3)10(15)13;1-2/h4-5,7,13H,6H2,1-3H3,(H,14,16);1-2H3. The molecule has 0 aliphatic heterocycles. The normalized spacial score (nSPS) is 9.72. The van der Waals surface area contributed by atoms with E-state index in [-0.39, 0.29) is 11.5 Å². The molecule has 0 atom stereocenters. The first-order valence-corrected chi connectivity index (χ1v) is 6.93. The number of nitrogens with one attached hydrogen (secondary N) is 2. The molecule has 102 valence electrons. The third-order valence-corrected chi connectivity index (χ3v) is 3.06. The molecule has 0 aromatic carbocycles. The van der Waals surface area contributed by atoms with Gasteiger partial charge in [0.1, 0.15) is 5.49 Å². The average Bonchev–Trinajstić information content (AvgIpc) is 2.35. The van der Waals surface area contributed by atoms with Crippen molar-refractivity contribution in [3.8, 4) is 0 Å². The molecule has 18 heavy (non-hydrogen) atoms. The fourth-order valence-corrected chi connectivity index (χ4v) is 1.49. The molecule has 2 N–H and O–H groups in total. The number of hydrogen-bond acceptors (Lipinski definition) is 2. The van der Waals surface area contributed by atoms with Gasteiger partial charge in [0.15, 0.2) is 0 Å². The lowest BCUT2D eigenvalue weighted by Crippen LogP contribution is -2.38. The van der Waals surface area contributed by atoms with Gasteiger partial charge in [-0.2, -0.15) is 0 Å². The maximum absolute atomic E-state index is 11.8. The van der Waals surface area contributed by atoms with Gasteiger partial charge < -0.3 is 5.32 Å². The van der Waals surface area contributed by atoms with E-state index in [2.05, 4.69) is 21.2 Å². The van der Waals surface area contributed by atoms with E-state index in [1.54, 1.807) is 19.2 Å². The van der Waals surface area contributed by atoms with E-state index in [1.807, 2.05) is 27.7 Å². The second-order valence-electron chi connectivity index (χ2n) is 4.09. The summed E-state index contributed by atoms with van der Waals surface area (Å²) in [5, 5.41) is 10.6. The summed E-state index contributed by atoms with van der Waals surface area (Å²) in [7, 11) is 0. The fourth-order valence-electron chi connectivity index (χ4n) is 1.18. The van der Waals surface area contributed by atoms with Crippen molar-refractivity contribution < 1.29 is 4.79 Å². The summed E-state index contributed by atoms with van der Waals surface area (Å²) in [4.78, 5) is 11.8. The van der Waals surface area contributed by atoms with Crippen LogP contribution in [-0.2, 0) is 0 Å². The van der Waals surface area contributed by atoms with Crippen LogP contribution in [0.5, 0.6) is 0 Å². The molecule has 0 unspecified atom stereocenters. The van der Waals surface area contributed by atoms with Crippen LogP contribution in [0.3, 0.4) is 0 Å². The number of rotatable bonds is 2. The van der Waals surface area contributed by atoms with Gasteiger partial charge in [0.25, 0.3) is 0 Å². The molecule has 1 rings (SSSR count). The van der Waals surface area contributed by atoms with E-state index < -0.39 is 0 Å². The van der Waals surface area contributed by atoms with Crippen molar-refractivity contribution in [2.24, 2.45) is 5.92 Å². The summed E-state index contributed by atoms with van der Waals surface area (Å²) >= 11 is 3.33. The Balaban J connectivity index is 0.00000137. The Morgan fingerprint density at radius 2 is 2.06 bits per heavy atom. The second kappa shape index (κ2) is 8.08. The Kier molecular flexibility index (Phi) is 7.59. The van der Waals surface area contributed by atoms with Crippen molar-refractivity contribution >= 4 is 22.0 Å². The summed E-state index contributed by atoms with van der Waals surface area (Å²) < 4.78 is 2.15. The van der Waals surface area contributed by atoms with Crippen LogP contribution in [0.4, 0.5) is 4.79 Å². The average molecular weight is 316 g/mol. The summed E-state index contributed by atoms with van der Waals surface area (Å²) in [6, 6.07) is 1.51. The van der Waals surface area contributed by atoms with E-state index in [4.69, 9.17) is 5.41 Å². The van der Waals surface area contributed by atoms with Crippen molar-refractivity contribution in [2.45, 2.75) is 34.6 Å². The zero-order chi connectivity index (χ0) is 14.3. The van der Waals surface area contributed by atoms with Gasteiger partial charge in [0, 0.05) is 22.8 Å². The van der Waals surface area contributed by atoms with E-state index in [1.165, 1.54) is 4.57 Å². The highest BCUT2D eigenvalue weighted by atomic mass is 79.9. The van der Waals surface area contributed by atoms with E-state index in [9.17, 15) is 4.79 Å². The fraction of sp³-hybridized carbons (Fsp3) is 0.538. The number of nitrogens with zero attached hydrogens (tertiary/aromatic N) is 1. The first-order chi connectivity index (χ1) is 8.43. The molecule has 0 aliphatic carbocycles. The number of amides is 1. The molecule has 0 fully saturated rings. The Bertz CT molecular complexity index is 452. The minimum atomic E-state index is -0.255. The molecule has 1 heterocycles. The summed E-state index contributed by atoms with van der Waals surface area (Å²) in [5.74, 6) is 0.398. The van der Waals surface area contributed by atoms with E-state index >= 15 is 0 Å². The monoisotopic (exact) mass is 315 g/mol. The maximum Gasteiger partial charge on any atom is 0.327 e. The third kappa shape index (κ3) is 4.64. The highest BCUT2D eigenvalue weighted by Gasteiger charge is 2.07. The lowest BCUT2D eigenvalue weighted by molar-refractivity contribution is 0.240. The number of halogens is 1. The summed E-state index contributed by atoms with van der Waals surface area (Å²) in [5.41, 5.74) is 0.956. The molecule has 1 amide bonds. The first-order valence-electron chi connectivity index (χ1n) is 6.14. The zero-order valence-corrected chi connectivity index (χ0v) is 13.3. The predicted octanol–water partition coefficient (Wildman–Crippen LogP) is 3.28. The zero-order valence-electron chi connectivity index (χ0n) is 11.7. The minimum Gasteiger partial charge on any atom is -0.337 e. The Hall–Kier alpha value is -1.10. The molecule has 0 aliphatic rings. The number of hydrogen-bond donors (Lipinski definition) is 2. The molecule has 5 heteroatoms. The van der Waals surface area contributed by atoms with Gasteiger partial charge in [-0.1, -0.05) is 43.6 Å². The van der Waals surface area contributed by atoms with Crippen LogP contribution >= 0.6 is 15.9 Å². The van der Waals surface area contributed by atoms with Crippen LogP contribution in [0.25, 0.3) is 0 Å². The molecular weight excluding hydrogens is 294 g/mol. The Morgan fingerprint density at radius 1 is 1.50 bits per heavy atom. The molecule has 0 saturated carbocycles. The van der Waals surface area contributed by atoms with E-state index in [0.717, 1.165) is 10.0 Å². The molecule has 1 aromatic rings. The van der Waals surface area contributed by atoms with Crippen LogP contribution in [0, 0.1) is 18.3 Å². The van der Waals surface area contributed by atoms with Crippen LogP contribution < -0.4 is 10.8 Å². The van der Waals surface area contributed by atoms with Crippen molar-refractivity contribution in [3.63, 3.8) is 0 Å². The lowest BCUT2D eigenvalue weighted by Gasteiger charge is -2.11. The number of pyridine rings is 1.